The molecule has 4 aromatic rings. The lowest BCUT2D eigenvalue weighted by Crippen LogP contribution is -2.16. The molecule has 1 fully saturated rings. The zero-order valence-electron chi connectivity index (χ0n) is 17.7. The quantitative estimate of drug-likeness (QED) is 0.376. The molecular formula is C23H16F3N3O4S. The van der Waals surface area contributed by atoms with Crippen molar-refractivity contribution in [3.63, 3.8) is 0 Å². The molecule has 0 spiro atoms. The van der Waals surface area contributed by atoms with Gasteiger partial charge in [-0.2, -0.15) is 5.26 Å². The van der Waals surface area contributed by atoms with Crippen molar-refractivity contribution in [2.45, 2.75) is 36.4 Å². The molecule has 0 atom stereocenters. The lowest BCUT2D eigenvalue weighted by atomic mass is 9.95. The van der Waals surface area contributed by atoms with Crippen LogP contribution in [0.15, 0.2) is 51.9 Å². The minimum Gasteiger partial charge on any atom is -0.435 e. The molecule has 0 saturated heterocycles. The fourth-order valence-electron chi connectivity index (χ4n) is 3.90. The largest absolute Gasteiger partial charge is 0.573 e. The van der Waals surface area contributed by atoms with Gasteiger partial charge < -0.3 is 9.15 Å². The summed E-state index contributed by atoms with van der Waals surface area (Å²) >= 11 is 0. The molecule has 1 saturated carbocycles. The van der Waals surface area contributed by atoms with Crippen molar-refractivity contribution in [2.75, 3.05) is 5.75 Å². The highest BCUT2D eigenvalue weighted by Crippen LogP contribution is 2.48. The van der Waals surface area contributed by atoms with Gasteiger partial charge in [-0.15, -0.1) is 13.2 Å². The van der Waals surface area contributed by atoms with E-state index in [0.29, 0.717) is 10.8 Å². The Kier molecular flexibility index (Phi) is 4.84. The predicted octanol–water partition coefficient (Wildman–Crippen LogP) is 5.29. The first-order chi connectivity index (χ1) is 16.0. The maximum Gasteiger partial charge on any atom is 0.573 e. The van der Waals surface area contributed by atoms with E-state index < -0.39 is 27.4 Å². The van der Waals surface area contributed by atoms with E-state index in [-0.39, 0.29) is 33.3 Å². The third-order valence-electron chi connectivity index (χ3n) is 5.85. The number of rotatable bonds is 5. The fourth-order valence-corrected chi connectivity index (χ4v) is 5.15. The summed E-state index contributed by atoms with van der Waals surface area (Å²) in [6.45, 7) is 1.49. The molecule has 174 valence electrons. The van der Waals surface area contributed by atoms with Gasteiger partial charge in [0.1, 0.15) is 21.9 Å². The second-order valence-electron chi connectivity index (χ2n) is 8.03. The van der Waals surface area contributed by atoms with Gasteiger partial charge >= 0.3 is 6.36 Å². The average molecular weight is 487 g/mol. The number of hydrogen-bond donors (Lipinski definition) is 0. The van der Waals surface area contributed by atoms with Crippen LogP contribution in [0.1, 0.15) is 25.3 Å². The fraction of sp³-hybridized carbons (Fsp3) is 0.261. The second kappa shape index (κ2) is 7.43. The number of alkyl halides is 3. The molecule has 0 unspecified atom stereocenters. The number of halogens is 3. The van der Waals surface area contributed by atoms with E-state index in [1.807, 2.05) is 0 Å². The molecule has 0 N–H and O–H groups in total. The first-order valence-electron chi connectivity index (χ1n) is 10.3. The summed E-state index contributed by atoms with van der Waals surface area (Å²) in [4.78, 5) is 8.41. The van der Waals surface area contributed by atoms with Crippen LogP contribution in [-0.4, -0.2) is 30.5 Å². The van der Waals surface area contributed by atoms with Crippen LogP contribution in [0.2, 0.25) is 0 Å². The molecule has 1 aliphatic carbocycles. The summed E-state index contributed by atoms with van der Waals surface area (Å²) in [7, 11) is -3.81. The summed E-state index contributed by atoms with van der Waals surface area (Å²) in [5, 5.41) is 10.4. The van der Waals surface area contributed by atoms with Crippen LogP contribution in [0.3, 0.4) is 0 Å². The van der Waals surface area contributed by atoms with Gasteiger partial charge in [0.2, 0.25) is 5.89 Å². The lowest BCUT2D eigenvalue weighted by Gasteiger charge is -2.12. The van der Waals surface area contributed by atoms with Crippen molar-refractivity contribution in [2.24, 2.45) is 0 Å². The number of aromatic nitrogens is 2. The molecule has 0 radical (unpaired) electrons. The van der Waals surface area contributed by atoms with Gasteiger partial charge in [0.15, 0.2) is 15.4 Å². The van der Waals surface area contributed by atoms with Crippen LogP contribution < -0.4 is 4.74 Å². The minimum absolute atomic E-state index is 0.0435. The summed E-state index contributed by atoms with van der Waals surface area (Å²) in [6, 6.07) is 10.9. The van der Waals surface area contributed by atoms with Crippen LogP contribution in [0, 0.1) is 11.3 Å². The topological polar surface area (TPSA) is 106 Å². The van der Waals surface area contributed by atoms with Gasteiger partial charge in [-0.1, -0.05) is 19.1 Å². The van der Waals surface area contributed by atoms with E-state index in [9.17, 15) is 26.9 Å². The highest BCUT2D eigenvalue weighted by atomic mass is 32.2. The molecule has 1 aliphatic rings. The van der Waals surface area contributed by atoms with E-state index in [1.165, 1.54) is 19.2 Å². The number of nitriles is 1. The maximum absolute atomic E-state index is 13.1. The van der Waals surface area contributed by atoms with Crippen molar-refractivity contribution < 1.29 is 30.7 Å². The Morgan fingerprint density at radius 3 is 2.62 bits per heavy atom. The standard InChI is InChI=1S/C23H16F3N3O4S/c1-2-34(30,31)20-16-5-3-14(22(12-27)7-8-22)9-13(16)11-28-19(20)21-29-17-10-15(33-23(24,25)26)4-6-18(17)32-21/h3-6,9-11H,2,7-8H2,1H3. The van der Waals surface area contributed by atoms with Gasteiger partial charge in [0.05, 0.1) is 17.2 Å². The van der Waals surface area contributed by atoms with Crippen molar-refractivity contribution in [1.29, 1.82) is 5.26 Å². The van der Waals surface area contributed by atoms with Gasteiger partial charge in [0.25, 0.3) is 0 Å². The molecule has 2 aromatic heterocycles. The Morgan fingerprint density at radius 1 is 1.21 bits per heavy atom. The van der Waals surface area contributed by atoms with E-state index in [2.05, 4.69) is 20.8 Å². The van der Waals surface area contributed by atoms with Gasteiger partial charge in [-0.05, 0) is 36.6 Å². The Hall–Kier alpha value is -3.65. The van der Waals surface area contributed by atoms with Crippen molar-refractivity contribution in [3.8, 4) is 23.4 Å². The normalized spacial score (nSPS) is 15.4. The van der Waals surface area contributed by atoms with E-state index in [1.54, 1.807) is 18.2 Å². The number of fused-ring (bicyclic) bond motifs is 2. The molecule has 0 aliphatic heterocycles. The molecule has 0 bridgehead atoms. The highest BCUT2D eigenvalue weighted by molar-refractivity contribution is 7.91. The SMILES string of the molecule is CCS(=O)(=O)c1c(-c2nc3cc(OC(F)(F)F)ccc3o2)ncc2cc(C3(C#N)CC3)ccc12. The summed E-state index contributed by atoms with van der Waals surface area (Å²) in [5.41, 5.74) is 0.409. The minimum atomic E-state index is -4.87. The Bertz CT molecular complexity index is 1600. The number of hydrogen-bond acceptors (Lipinski definition) is 7. The number of benzene rings is 2. The average Bonchev–Trinajstić information content (AvgIpc) is 3.49. The summed E-state index contributed by atoms with van der Waals surface area (Å²) < 4.78 is 73.4. The first-order valence-corrected chi connectivity index (χ1v) is 11.9. The van der Waals surface area contributed by atoms with Crippen LogP contribution >= 0.6 is 0 Å². The van der Waals surface area contributed by atoms with E-state index in [4.69, 9.17) is 4.42 Å². The molecule has 2 aromatic carbocycles. The van der Waals surface area contributed by atoms with Crippen LogP contribution in [-0.2, 0) is 15.3 Å². The third kappa shape index (κ3) is 3.74. The van der Waals surface area contributed by atoms with Gasteiger partial charge in [-0.25, -0.2) is 18.4 Å². The third-order valence-corrected chi connectivity index (χ3v) is 7.64. The zero-order chi connectivity index (χ0) is 24.3. The highest BCUT2D eigenvalue weighted by Gasteiger charge is 2.45. The Labute approximate surface area is 191 Å². The Morgan fingerprint density at radius 2 is 1.97 bits per heavy atom. The number of nitrogens with zero attached hydrogens (tertiary/aromatic N) is 3. The molecule has 0 amide bonds. The van der Waals surface area contributed by atoms with Crippen LogP contribution in [0.25, 0.3) is 33.5 Å². The molecule has 5 rings (SSSR count). The Balaban J connectivity index is 1.68. The summed E-state index contributed by atoms with van der Waals surface area (Å²) in [6.07, 6.45) is -1.91. The summed E-state index contributed by atoms with van der Waals surface area (Å²) in [5.74, 6) is -0.839. The molecule has 7 nitrogen and oxygen atoms in total. The maximum atomic E-state index is 13.1. The molecule has 2 heterocycles. The van der Waals surface area contributed by atoms with Gasteiger partial charge in [-0.3, -0.25) is 0 Å². The van der Waals surface area contributed by atoms with Crippen LogP contribution in [0.5, 0.6) is 5.75 Å². The van der Waals surface area contributed by atoms with Crippen molar-refractivity contribution in [3.05, 3.63) is 48.2 Å². The molecule has 34 heavy (non-hydrogen) atoms. The second-order valence-corrected chi connectivity index (χ2v) is 10.2. The lowest BCUT2D eigenvalue weighted by molar-refractivity contribution is -0.274. The predicted molar refractivity (Wildman–Crippen MR) is 116 cm³/mol. The number of oxazole rings is 1. The zero-order valence-corrected chi connectivity index (χ0v) is 18.5. The first kappa shape index (κ1) is 22.2. The molecule has 11 heteroatoms. The van der Waals surface area contributed by atoms with Gasteiger partial charge in [0, 0.05) is 23.0 Å². The van der Waals surface area contributed by atoms with E-state index >= 15 is 0 Å². The monoisotopic (exact) mass is 487 g/mol. The number of pyridine rings is 1. The smallest absolute Gasteiger partial charge is 0.435 e. The number of sulfone groups is 1. The number of ether oxygens (including phenoxy) is 1. The van der Waals surface area contributed by atoms with Crippen LogP contribution in [0.4, 0.5) is 13.2 Å². The van der Waals surface area contributed by atoms with Crippen molar-refractivity contribution >= 4 is 31.7 Å². The van der Waals surface area contributed by atoms with E-state index in [0.717, 1.165) is 30.5 Å². The van der Waals surface area contributed by atoms with Crippen molar-refractivity contribution in [1.82, 2.24) is 9.97 Å². The molecular weight excluding hydrogens is 471 g/mol.